The largest absolute Gasteiger partial charge is 0.338 e. The van der Waals surface area contributed by atoms with Crippen molar-refractivity contribution in [2.75, 3.05) is 18.1 Å². The van der Waals surface area contributed by atoms with E-state index in [4.69, 9.17) is 0 Å². The zero-order valence-corrected chi connectivity index (χ0v) is 12.5. The summed E-state index contributed by atoms with van der Waals surface area (Å²) in [5.74, 6) is 2.17. The Morgan fingerprint density at radius 3 is 2.95 bits per heavy atom. The zero-order chi connectivity index (χ0) is 14.9. The molecule has 3 rings (SSSR count). The molecule has 0 saturated carbocycles. The number of fused-ring (bicyclic) bond motifs is 1. The van der Waals surface area contributed by atoms with Crippen molar-refractivity contribution in [3.8, 4) is 0 Å². The van der Waals surface area contributed by atoms with Gasteiger partial charge in [0, 0.05) is 19.5 Å². The number of amides is 2. The molecule has 0 aromatic carbocycles. The van der Waals surface area contributed by atoms with Gasteiger partial charge in [0.25, 0.3) is 0 Å². The van der Waals surface area contributed by atoms with Crippen molar-refractivity contribution in [1.29, 1.82) is 0 Å². The first kappa shape index (κ1) is 14.3. The third kappa shape index (κ3) is 3.34. The Kier molecular flexibility index (Phi) is 3.83. The van der Waals surface area contributed by atoms with E-state index >= 15 is 0 Å². The minimum Gasteiger partial charge on any atom is -0.338 e. The number of nitrogens with one attached hydrogen (secondary N) is 2. The molecule has 8 nitrogen and oxygen atoms in total. The second kappa shape index (κ2) is 5.63. The van der Waals surface area contributed by atoms with Gasteiger partial charge in [-0.15, -0.1) is 10.2 Å². The predicted molar refractivity (Wildman–Crippen MR) is 75.3 cm³/mol. The van der Waals surface area contributed by atoms with Gasteiger partial charge in [0.15, 0.2) is 15.7 Å². The molecule has 0 spiro atoms. The van der Waals surface area contributed by atoms with E-state index in [1.54, 1.807) is 0 Å². The van der Waals surface area contributed by atoms with Gasteiger partial charge in [-0.25, -0.2) is 13.2 Å². The van der Waals surface area contributed by atoms with Gasteiger partial charge in [0.05, 0.1) is 18.1 Å². The molecule has 21 heavy (non-hydrogen) atoms. The molecule has 3 heterocycles. The highest BCUT2D eigenvalue weighted by molar-refractivity contribution is 7.91. The first-order valence-electron chi connectivity index (χ1n) is 7.16. The lowest BCUT2D eigenvalue weighted by Crippen LogP contribution is -2.38. The molecule has 2 N–H and O–H groups in total. The van der Waals surface area contributed by atoms with Crippen molar-refractivity contribution >= 4 is 15.9 Å². The second-order valence-corrected chi connectivity index (χ2v) is 7.85. The van der Waals surface area contributed by atoms with E-state index < -0.39 is 9.84 Å². The summed E-state index contributed by atoms with van der Waals surface area (Å²) < 4.78 is 24.7. The fraction of sp³-hybridized carbons (Fsp3) is 0.750. The van der Waals surface area contributed by atoms with Crippen molar-refractivity contribution < 1.29 is 13.2 Å². The Hall–Kier alpha value is -1.64. The van der Waals surface area contributed by atoms with Gasteiger partial charge in [-0.05, 0) is 18.8 Å². The van der Waals surface area contributed by atoms with Crippen molar-refractivity contribution in [3.05, 3.63) is 11.6 Å². The summed E-state index contributed by atoms with van der Waals surface area (Å²) in [6, 6.07) is -0.297. The highest BCUT2D eigenvalue weighted by atomic mass is 32.2. The van der Waals surface area contributed by atoms with E-state index in [2.05, 4.69) is 20.8 Å². The average Bonchev–Trinajstić information content (AvgIpc) is 3.10. The topological polar surface area (TPSA) is 106 Å². The molecule has 1 aromatic heterocycles. The number of carbonyl (C=O) groups is 1. The smallest absolute Gasteiger partial charge is 0.315 e. The van der Waals surface area contributed by atoms with Crippen LogP contribution in [0.1, 0.15) is 24.5 Å². The van der Waals surface area contributed by atoms with E-state index in [0.29, 0.717) is 19.5 Å². The molecule has 0 radical (unpaired) electrons. The van der Waals surface area contributed by atoms with Gasteiger partial charge in [-0.2, -0.15) is 0 Å². The third-order valence-electron chi connectivity index (χ3n) is 3.97. The van der Waals surface area contributed by atoms with Gasteiger partial charge in [0.1, 0.15) is 5.82 Å². The van der Waals surface area contributed by atoms with Gasteiger partial charge in [-0.3, -0.25) is 0 Å². The lowest BCUT2D eigenvalue weighted by atomic mass is 10.1. The number of nitrogens with zero attached hydrogens (tertiary/aromatic N) is 3. The second-order valence-electron chi connectivity index (χ2n) is 5.62. The molecular formula is C12H19N5O3S. The van der Waals surface area contributed by atoms with Crippen LogP contribution in [0.4, 0.5) is 4.79 Å². The van der Waals surface area contributed by atoms with Crippen LogP contribution < -0.4 is 10.6 Å². The molecule has 9 heteroatoms. The van der Waals surface area contributed by atoms with Crippen LogP contribution in [0.25, 0.3) is 0 Å². The standard InChI is InChI=1S/C12H19N5O3S/c18-12(13-6-9-3-5-21(19,20)8-9)14-7-11-16-15-10-2-1-4-17(10)11/h9H,1-8H2,(H2,13,14,18)/t9-/m0/s1. The Morgan fingerprint density at radius 2 is 2.19 bits per heavy atom. The molecule has 2 amide bonds. The van der Waals surface area contributed by atoms with Crippen molar-refractivity contribution in [2.24, 2.45) is 5.92 Å². The maximum Gasteiger partial charge on any atom is 0.315 e. The fourth-order valence-corrected chi connectivity index (χ4v) is 4.70. The minimum atomic E-state index is -2.89. The summed E-state index contributed by atoms with van der Waals surface area (Å²) in [6.07, 6.45) is 2.63. The first-order chi connectivity index (χ1) is 10.0. The summed E-state index contributed by atoms with van der Waals surface area (Å²) in [5.41, 5.74) is 0. The van der Waals surface area contributed by atoms with Crippen LogP contribution in [-0.2, 0) is 29.3 Å². The van der Waals surface area contributed by atoms with Crippen LogP contribution in [0.3, 0.4) is 0 Å². The van der Waals surface area contributed by atoms with E-state index in [0.717, 1.165) is 31.0 Å². The number of aryl methyl sites for hydroxylation is 1. The fourth-order valence-electron chi connectivity index (χ4n) is 2.83. The Morgan fingerprint density at radius 1 is 1.33 bits per heavy atom. The van der Waals surface area contributed by atoms with Crippen LogP contribution in [0, 0.1) is 5.92 Å². The van der Waals surface area contributed by atoms with E-state index in [9.17, 15) is 13.2 Å². The SMILES string of the molecule is O=C(NCc1nnc2n1CCC2)NC[C@@H]1CCS(=O)(=O)C1. The maximum absolute atomic E-state index is 11.7. The Bertz CT molecular complexity index is 639. The van der Waals surface area contributed by atoms with E-state index in [-0.39, 0.29) is 23.5 Å². The molecule has 1 fully saturated rings. The molecular weight excluding hydrogens is 294 g/mol. The van der Waals surface area contributed by atoms with Crippen LogP contribution in [0.15, 0.2) is 0 Å². The van der Waals surface area contributed by atoms with Crippen molar-refractivity contribution in [2.45, 2.75) is 32.4 Å². The molecule has 1 saturated heterocycles. The Labute approximate surface area is 123 Å². The summed E-state index contributed by atoms with van der Waals surface area (Å²) in [7, 11) is -2.89. The van der Waals surface area contributed by atoms with Crippen LogP contribution in [0.5, 0.6) is 0 Å². The molecule has 2 aliphatic heterocycles. The first-order valence-corrected chi connectivity index (χ1v) is 8.99. The maximum atomic E-state index is 11.7. The number of urea groups is 1. The molecule has 2 aliphatic rings. The normalized spacial score (nSPS) is 23.0. The Balaban J connectivity index is 1.42. The minimum absolute atomic E-state index is 0.0260. The number of hydrogen-bond acceptors (Lipinski definition) is 5. The van der Waals surface area contributed by atoms with E-state index in [1.807, 2.05) is 4.57 Å². The predicted octanol–water partition coefficient (Wildman–Crippen LogP) is -0.542. The molecule has 0 unspecified atom stereocenters. The molecule has 0 bridgehead atoms. The number of carbonyl (C=O) groups excluding carboxylic acids is 1. The molecule has 116 valence electrons. The molecule has 1 aromatic rings. The molecule has 0 aliphatic carbocycles. The van der Waals surface area contributed by atoms with E-state index in [1.165, 1.54) is 0 Å². The average molecular weight is 313 g/mol. The van der Waals surface area contributed by atoms with Crippen LogP contribution in [-0.4, -0.2) is 47.3 Å². The number of hydrogen-bond donors (Lipinski definition) is 2. The van der Waals surface area contributed by atoms with Gasteiger partial charge >= 0.3 is 6.03 Å². The summed E-state index contributed by atoms with van der Waals surface area (Å²) in [6.45, 7) is 1.63. The summed E-state index contributed by atoms with van der Waals surface area (Å²) in [5, 5.41) is 13.6. The lowest BCUT2D eigenvalue weighted by molar-refractivity contribution is 0.238. The van der Waals surface area contributed by atoms with Crippen molar-refractivity contribution in [3.63, 3.8) is 0 Å². The molecule has 1 atom stereocenters. The lowest BCUT2D eigenvalue weighted by Gasteiger charge is -2.10. The van der Waals surface area contributed by atoms with Gasteiger partial charge in [-0.1, -0.05) is 0 Å². The number of rotatable bonds is 4. The zero-order valence-electron chi connectivity index (χ0n) is 11.7. The van der Waals surface area contributed by atoms with Gasteiger partial charge < -0.3 is 15.2 Å². The third-order valence-corrected chi connectivity index (χ3v) is 5.81. The highest BCUT2D eigenvalue weighted by Gasteiger charge is 2.27. The quantitative estimate of drug-likeness (QED) is 0.776. The monoisotopic (exact) mass is 313 g/mol. The van der Waals surface area contributed by atoms with Crippen LogP contribution in [0.2, 0.25) is 0 Å². The van der Waals surface area contributed by atoms with Crippen LogP contribution >= 0.6 is 0 Å². The number of sulfone groups is 1. The number of aromatic nitrogens is 3. The highest BCUT2D eigenvalue weighted by Crippen LogP contribution is 2.17. The van der Waals surface area contributed by atoms with Gasteiger partial charge in [0.2, 0.25) is 0 Å². The van der Waals surface area contributed by atoms with Crippen molar-refractivity contribution in [1.82, 2.24) is 25.4 Å². The summed E-state index contributed by atoms with van der Waals surface area (Å²) in [4.78, 5) is 11.7. The summed E-state index contributed by atoms with van der Waals surface area (Å²) >= 11 is 0.